The van der Waals surface area contributed by atoms with Gasteiger partial charge in [-0.15, -0.1) is 0 Å². The summed E-state index contributed by atoms with van der Waals surface area (Å²) in [5, 5.41) is 2.74. The van der Waals surface area contributed by atoms with Gasteiger partial charge in [-0.2, -0.15) is 0 Å². The molecule has 1 atom stereocenters. The Labute approximate surface area is 199 Å². The molecular formula is C28H29FN2O3. The van der Waals surface area contributed by atoms with Crippen molar-refractivity contribution in [3.05, 3.63) is 100 Å². The van der Waals surface area contributed by atoms with Crippen LogP contribution in [0.4, 0.5) is 4.39 Å². The lowest BCUT2D eigenvalue weighted by atomic mass is 9.87. The van der Waals surface area contributed by atoms with Crippen LogP contribution in [0.25, 0.3) is 0 Å². The number of carbonyl (C=O) groups excluding carboxylic acids is 2. The van der Waals surface area contributed by atoms with E-state index in [9.17, 15) is 14.0 Å². The van der Waals surface area contributed by atoms with Gasteiger partial charge in [0, 0.05) is 19.5 Å². The minimum atomic E-state index is -0.337. The Hall–Kier alpha value is -3.67. The fourth-order valence-corrected chi connectivity index (χ4v) is 4.31. The number of nitrogens with zero attached hydrogens (tertiary/aromatic N) is 1. The molecule has 1 N–H and O–H groups in total. The van der Waals surface area contributed by atoms with E-state index < -0.39 is 0 Å². The van der Waals surface area contributed by atoms with Crippen LogP contribution in [0, 0.1) is 12.7 Å². The molecule has 0 aliphatic carbocycles. The SMILES string of the molecule is CCC(=O)N1CCc2ccc(OCC(=O)NCc3cccc(F)c3)cc2C1c1ccc(C)cc1. The number of fused-ring (bicyclic) bond motifs is 1. The Balaban J connectivity index is 1.50. The molecule has 1 unspecified atom stereocenters. The number of hydrogen-bond donors (Lipinski definition) is 1. The highest BCUT2D eigenvalue weighted by Crippen LogP contribution is 2.37. The van der Waals surface area contributed by atoms with Crippen LogP contribution >= 0.6 is 0 Å². The highest BCUT2D eigenvalue weighted by molar-refractivity contribution is 5.78. The number of hydrogen-bond acceptors (Lipinski definition) is 3. The third kappa shape index (κ3) is 5.45. The van der Waals surface area contributed by atoms with E-state index in [2.05, 4.69) is 29.6 Å². The summed E-state index contributed by atoms with van der Waals surface area (Å²) in [7, 11) is 0. The summed E-state index contributed by atoms with van der Waals surface area (Å²) < 4.78 is 19.1. The van der Waals surface area contributed by atoms with Crippen LogP contribution in [0.15, 0.2) is 66.7 Å². The first kappa shape index (κ1) is 23.5. The number of benzene rings is 3. The summed E-state index contributed by atoms with van der Waals surface area (Å²) >= 11 is 0. The third-order valence-corrected chi connectivity index (χ3v) is 6.11. The lowest BCUT2D eigenvalue weighted by Crippen LogP contribution is -2.40. The second-order valence-electron chi connectivity index (χ2n) is 8.56. The van der Waals surface area contributed by atoms with E-state index in [1.165, 1.54) is 17.7 Å². The lowest BCUT2D eigenvalue weighted by molar-refractivity contribution is -0.133. The van der Waals surface area contributed by atoms with Crippen molar-refractivity contribution >= 4 is 11.8 Å². The van der Waals surface area contributed by atoms with Gasteiger partial charge in [-0.3, -0.25) is 9.59 Å². The molecule has 1 heterocycles. The van der Waals surface area contributed by atoms with Gasteiger partial charge in [0.15, 0.2) is 6.61 Å². The van der Waals surface area contributed by atoms with Crippen molar-refractivity contribution in [2.24, 2.45) is 0 Å². The summed E-state index contributed by atoms with van der Waals surface area (Å²) in [6, 6.07) is 20.0. The number of nitrogens with one attached hydrogen (secondary N) is 1. The molecule has 6 heteroatoms. The normalized spacial score (nSPS) is 14.9. The van der Waals surface area contributed by atoms with Gasteiger partial charge in [-0.1, -0.05) is 55.0 Å². The van der Waals surface area contributed by atoms with Crippen LogP contribution in [0.2, 0.25) is 0 Å². The van der Waals surface area contributed by atoms with Crippen LogP contribution in [0.3, 0.4) is 0 Å². The fraction of sp³-hybridized carbons (Fsp3) is 0.286. The zero-order valence-corrected chi connectivity index (χ0v) is 19.5. The van der Waals surface area contributed by atoms with Gasteiger partial charge in [0.25, 0.3) is 5.91 Å². The quantitative estimate of drug-likeness (QED) is 0.555. The van der Waals surface area contributed by atoms with Crippen LogP contribution in [-0.4, -0.2) is 29.9 Å². The molecule has 2 amide bonds. The van der Waals surface area contributed by atoms with Crippen molar-refractivity contribution in [1.82, 2.24) is 10.2 Å². The Morgan fingerprint density at radius 2 is 1.88 bits per heavy atom. The molecular weight excluding hydrogens is 431 g/mol. The van der Waals surface area contributed by atoms with E-state index in [1.54, 1.807) is 12.1 Å². The first-order valence-corrected chi connectivity index (χ1v) is 11.6. The molecule has 0 radical (unpaired) electrons. The molecule has 176 valence electrons. The molecule has 34 heavy (non-hydrogen) atoms. The summed E-state index contributed by atoms with van der Waals surface area (Å²) in [5.74, 6) is 0.0532. The van der Waals surface area contributed by atoms with E-state index in [0.29, 0.717) is 24.3 Å². The number of ether oxygens (including phenoxy) is 1. The largest absolute Gasteiger partial charge is 0.484 e. The molecule has 5 nitrogen and oxygen atoms in total. The average Bonchev–Trinajstić information content (AvgIpc) is 2.85. The van der Waals surface area contributed by atoms with Crippen LogP contribution < -0.4 is 10.1 Å². The maximum atomic E-state index is 13.3. The summed E-state index contributed by atoms with van der Waals surface area (Å²) in [5.41, 5.74) is 5.10. The van der Waals surface area contributed by atoms with Gasteiger partial charge < -0.3 is 15.0 Å². The maximum absolute atomic E-state index is 13.3. The molecule has 1 aliphatic rings. The number of halogens is 1. The molecule has 0 fully saturated rings. The minimum Gasteiger partial charge on any atom is -0.484 e. The Kier molecular flexibility index (Phi) is 7.26. The van der Waals surface area contributed by atoms with Crippen molar-refractivity contribution in [3.63, 3.8) is 0 Å². The molecule has 0 aromatic heterocycles. The molecule has 0 spiro atoms. The zero-order valence-electron chi connectivity index (χ0n) is 19.5. The Morgan fingerprint density at radius 3 is 2.62 bits per heavy atom. The van der Waals surface area contributed by atoms with Crippen LogP contribution in [0.5, 0.6) is 5.75 Å². The molecule has 0 saturated heterocycles. The van der Waals surface area contributed by atoms with Gasteiger partial charge in [0.2, 0.25) is 5.91 Å². The predicted molar refractivity (Wildman–Crippen MR) is 129 cm³/mol. The third-order valence-electron chi connectivity index (χ3n) is 6.11. The van der Waals surface area contributed by atoms with Crippen molar-refractivity contribution in [3.8, 4) is 5.75 Å². The summed E-state index contributed by atoms with van der Waals surface area (Å²) in [6.45, 7) is 4.67. The topological polar surface area (TPSA) is 58.6 Å². The van der Waals surface area contributed by atoms with Gasteiger partial charge in [0.05, 0.1) is 6.04 Å². The van der Waals surface area contributed by atoms with E-state index >= 15 is 0 Å². The molecule has 0 bridgehead atoms. The molecule has 3 aromatic rings. The van der Waals surface area contributed by atoms with Crippen molar-refractivity contribution in [2.45, 2.75) is 39.3 Å². The number of aryl methyl sites for hydroxylation is 1. The standard InChI is InChI=1S/C28H29FN2O3/c1-3-27(33)31-14-13-21-11-12-24(16-25(21)28(31)22-9-7-19(2)8-10-22)34-18-26(32)30-17-20-5-4-6-23(29)15-20/h4-12,15-16,28H,3,13-14,17-18H2,1-2H3,(H,30,32). The smallest absolute Gasteiger partial charge is 0.258 e. The van der Waals surface area contributed by atoms with Crippen molar-refractivity contribution in [1.29, 1.82) is 0 Å². The lowest BCUT2D eigenvalue weighted by Gasteiger charge is -2.38. The highest BCUT2D eigenvalue weighted by atomic mass is 19.1. The molecule has 4 rings (SSSR count). The molecule has 3 aromatic carbocycles. The van der Waals surface area contributed by atoms with Gasteiger partial charge in [-0.25, -0.2) is 4.39 Å². The number of rotatable bonds is 7. The minimum absolute atomic E-state index is 0.110. The summed E-state index contributed by atoms with van der Waals surface area (Å²) in [6.07, 6.45) is 1.22. The Bertz CT molecular complexity index is 1180. The summed E-state index contributed by atoms with van der Waals surface area (Å²) in [4.78, 5) is 27.0. The van der Waals surface area contributed by atoms with E-state index in [0.717, 1.165) is 23.1 Å². The zero-order chi connectivity index (χ0) is 24.1. The van der Waals surface area contributed by atoms with Gasteiger partial charge in [-0.05, 0) is 59.9 Å². The van der Waals surface area contributed by atoms with E-state index in [-0.39, 0.29) is 36.8 Å². The number of carbonyl (C=O) groups is 2. The fourth-order valence-electron chi connectivity index (χ4n) is 4.31. The second kappa shape index (κ2) is 10.5. The number of amides is 2. The average molecular weight is 461 g/mol. The van der Waals surface area contributed by atoms with Crippen LogP contribution in [-0.2, 0) is 22.6 Å². The van der Waals surface area contributed by atoms with Gasteiger partial charge in [0.1, 0.15) is 11.6 Å². The monoisotopic (exact) mass is 460 g/mol. The van der Waals surface area contributed by atoms with E-state index in [4.69, 9.17) is 4.74 Å². The van der Waals surface area contributed by atoms with Crippen LogP contribution in [0.1, 0.15) is 47.2 Å². The molecule has 0 saturated carbocycles. The predicted octanol–water partition coefficient (Wildman–Crippen LogP) is 4.71. The first-order valence-electron chi connectivity index (χ1n) is 11.6. The maximum Gasteiger partial charge on any atom is 0.258 e. The molecule has 1 aliphatic heterocycles. The van der Waals surface area contributed by atoms with Crippen molar-refractivity contribution in [2.75, 3.05) is 13.2 Å². The van der Waals surface area contributed by atoms with Gasteiger partial charge >= 0.3 is 0 Å². The first-order chi connectivity index (χ1) is 16.4. The Morgan fingerprint density at radius 1 is 1.09 bits per heavy atom. The van der Waals surface area contributed by atoms with Crippen molar-refractivity contribution < 1.29 is 18.7 Å². The second-order valence-corrected chi connectivity index (χ2v) is 8.56. The highest BCUT2D eigenvalue weighted by Gasteiger charge is 2.31. The van der Waals surface area contributed by atoms with E-state index in [1.807, 2.05) is 36.9 Å².